The van der Waals surface area contributed by atoms with Crippen molar-refractivity contribution in [1.29, 1.82) is 5.26 Å². The highest BCUT2D eigenvalue weighted by atomic mass is 14.8. The van der Waals surface area contributed by atoms with Gasteiger partial charge in [0.2, 0.25) is 0 Å². The molecule has 0 aliphatic rings. The molecule has 1 aromatic rings. The third-order valence-corrected chi connectivity index (χ3v) is 2.06. The maximum Gasteiger partial charge on any atom is 0.163 e. The molecule has 0 aromatic carbocycles. The number of pyridine rings is 1. The summed E-state index contributed by atoms with van der Waals surface area (Å²) in [6.07, 6.45) is 0. The number of nitrogens with zero attached hydrogens (tertiary/aromatic N) is 2. The van der Waals surface area contributed by atoms with E-state index in [1.807, 2.05) is 19.1 Å². The Labute approximate surface area is 84.6 Å². The standard InChI is InChI=1S/C11H15N3/c1-7-5-8(13)9(6-12)14-10(7)11(2,3)4/h5H,13H2,1-4H3. The largest absolute Gasteiger partial charge is 0.396 e. The average Bonchev–Trinajstić information content (AvgIpc) is 2.02. The van der Waals surface area contributed by atoms with E-state index in [-0.39, 0.29) is 5.41 Å². The summed E-state index contributed by atoms with van der Waals surface area (Å²) in [4.78, 5) is 4.28. The van der Waals surface area contributed by atoms with Crippen molar-refractivity contribution in [3.05, 3.63) is 23.0 Å². The second-order valence-corrected chi connectivity index (χ2v) is 4.45. The van der Waals surface area contributed by atoms with Crippen LogP contribution in [-0.2, 0) is 5.41 Å². The number of nitriles is 1. The first kappa shape index (κ1) is 10.5. The van der Waals surface area contributed by atoms with Crippen LogP contribution in [0.5, 0.6) is 0 Å². The normalized spacial score (nSPS) is 11.1. The molecular formula is C11H15N3. The number of aryl methyl sites for hydroxylation is 1. The zero-order chi connectivity index (χ0) is 10.9. The Morgan fingerprint density at radius 3 is 2.43 bits per heavy atom. The van der Waals surface area contributed by atoms with Crippen LogP contribution in [0, 0.1) is 18.3 Å². The molecule has 1 heterocycles. The topological polar surface area (TPSA) is 62.7 Å². The van der Waals surface area contributed by atoms with Gasteiger partial charge in [-0.2, -0.15) is 5.26 Å². The van der Waals surface area contributed by atoms with E-state index in [4.69, 9.17) is 11.0 Å². The van der Waals surface area contributed by atoms with Crippen molar-refractivity contribution >= 4 is 5.69 Å². The van der Waals surface area contributed by atoms with E-state index in [1.165, 1.54) is 0 Å². The summed E-state index contributed by atoms with van der Waals surface area (Å²) in [6, 6.07) is 3.81. The van der Waals surface area contributed by atoms with E-state index in [0.29, 0.717) is 11.4 Å². The minimum atomic E-state index is -0.0522. The van der Waals surface area contributed by atoms with Gasteiger partial charge < -0.3 is 5.73 Å². The van der Waals surface area contributed by atoms with Gasteiger partial charge in [-0.25, -0.2) is 4.98 Å². The first-order valence-electron chi connectivity index (χ1n) is 4.54. The fraction of sp³-hybridized carbons (Fsp3) is 0.455. The van der Waals surface area contributed by atoms with Crippen LogP contribution in [0.3, 0.4) is 0 Å². The molecule has 0 saturated heterocycles. The third kappa shape index (κ3) is 1.85. The molecular weight excluding hydrogens is 174 g/mol. The summed E-state index contributed by atoms with van der Waals surface area (Å²) < 4.78 is 0. The van der Waals surface area contributed by atoms with E-state index in [0.717, 1.165) is 11.3 Å². The molecule has 1 aromatic heterocycles. The van der Waals surface area contributed by atoms with Crippen LogP contribution in [0.25, 0.3) is 0 Å². The zero-order valence-corrected chi connectivity index (χ0v) is 9.05. The summed E-state index contributed by atoms with van der Waals surface area (Å²) in [6.45, 7) is 8.17. The molecule has 0 aliphatic carbocycles. The van der Waals surface area contributed by atoms with Crippen molar-refractivity contribution < 1.29 is 0 Å². The van der Waals surface area contributed by atoms with E-state index < -0.39 is 0 Å². The Balaban J connectivity index is 3.41. The van der Waals surface area contributed by atoms with Crippen LogP contribution in [0.2, 0.25) is 0 Å². The molecule has 0 fully saturated rings. The Morgan fingerprint density at radius 2 is 2.00 bits per heavy atom. The van der Waals surface area contributed by atoms with Gasteiger partial charge in [-0.05, 0) is 18.6 Å². The molecule has 0 amide bonds. The van der Waals surface area contributed by atoms with Gasteiger partial charge in [-0.1, -0.05) is 20.8 Å². The van der Waals surface area contributed by atoms with Crippen molar-refractivity contribution in [3.63, 3.8) is 0 Å². The Morgan fingerprint density at radius 1 is 1.43 bits per heavy atom. The molecule has 0 saturated carbocycles. The van der Waals surface area contributed by atoms with Gasteiger partial charge in [-0.15, -0.1) is 0 Å². The van der Waals surface area contributed by atoms with Crippen LogP contribution in [0.15, 0.2) is 6.07 Å². The van der Waals surface area contributed by atoms with Gasteiger partial charge in [0.15, 0.2) is 5.69 Å². The molecule has 1 rings (SSSR count). The van der Waals surface area contributed by atoms with Crippen molar-refractivity contribution in [1.82, 2.24) is 4.98 Å². The van der Waals surface area contributed by atoms with Gasteiger partial charge in [0, 0.05) is 5.41 Å². The lowest BCUT2D eigenvalue weighted by Crippen LogP contribution is -2.17. The van der Waals surface area contributed by atoms with Gasteiger partial charge in [0.1, 0.15) is 6.07 Å². The number of anilines is 1. The van der Waals surface area contributed by atoms with Crippen LogP contribution < -0.4 is 5.73 Å². The predicted octanol–water partition coefficient (Wildman–Crippen LogP) is 2.14. The zero-order valence-electron chi connectivity index (χ0n) is 9.05. The number of nitrogens with two attached hydrogens (primary N) is 1. The Hall–Kier alpha value is -1.56. The van der Waals surface area contributed by atoms with Crippen LogP contribution in [0.1, 0.15) is 37.7 Å². The molecule has 3 heteroatoms. The van der Waals surface area contributed by atoms with Crippen LogP contribution >= 0.6 is 0 Å². The van der Waals surface area contributed by atoms with E-state index in [9.17, 15) is 0 Å². The first-order valence-corrected chi connectivity index (χ1v) is 4.54. The van der Waals surface area contributed by atoms with Crippen molar-refractivity contribution in [2.75, 3.05) is 5.73 Å². The number of hydrogen-bond donors (Lipinski definition) is 1. The maximum absolute atomic E-state index is 8.81. The maximum atomic E-state index is 8.81. The number of nitrogen functional groups attached to an aromatic ring is 1. The second-order valence-electron chi connectivity index (χ2n) is 4.45. The highest BCUT2D eigenvalue weighted by Gasteiger charge is 2.19. The molecule has 74 valence electrons. The van der Waals surface area contributed by atoms with E-state index >= 15 is 0 Å². The molecule has 14 heavy (non-hydrogen) atoms. The van der Waals surface area contributed by atoms with Crippen LogP contribution in [-0.4, -0.2) is 4.98 Å². The lowest BCUT2D eigenvalue weighted by Gasteiger charge is -2.20. The van der Waals surface area contributed by atoms with Gasteiger partial charge in [0.25, 0.3) is 0 Å². The van der Waals surface area contributed by atoms with Gasteiger partial charge >= 0.3 is 0 Å². The number of hydrogen-bond acceptors (Lipinski definition) is 3. The monoisotopic (exact) mass is 189 g/mol. The highest BCUT2D eigenvalue weighted by Crippen LogP contribution is 2.25. The first-order chi connectivity index (χ1) is 6.36. The lowest BCUT2D eigenvalue weighted by atomic mass is 9.88. The SMILES string of the molecule is Cc1cc(N)c(C#N)nc1C(C)(C)C. The highest BCUT2D eigenvalue weighted by molar-refractivity contribution is 5.53. The lowest BCUT2D eigenvalue weighted by molar-refractivity contribution is 0.564. The van der Waals surface area contributed by atoms with Gasteiger partial charge in [-0.3, -0.25) is 0 Å². The van der Waals surface area contributed by atoms with Gasteiger partial charge in [0.05, 0.1) is 11.4 Å². The van der Waals surface area contributed by atoms with Crippen molar-refractivity contribution in [3.8, 4) is 6.07 Å². The smallest absolute Gasteiger partial charge is 0.163 e. The summed E-state index contributed by atoms with van der Waals surface area (Å²) in [5.41, 5.74) is 8.35. The Kier molecular flexibility index (Phi) is 2.48. The van der Waals surface area contributed by atoms with Crippen LogP contribution in [0.4, 0.5) is 5.69 Å². The molecule has 0 bridgehead atoms. The molecule has 2 N–H and O–H groups in total. The fourth-order valence-corrected chi connectivity index (χ4v) is 1.48. The fourth-order valence-electron chi connectivity index (χ4n) is 1.48. The molecule has 0 atom stereocenters. The molecule has 0 spiro atoms. The molecule has 0 radical (unpaired) electrons. The number of aromatic nitrogens is 1. The van der Waals surface area contributed by atoms with E-state index in [1.54, 1.807) is 0 Å². The third-order valence-electron chi connectivity index (χ3n) is 2.06. The summed E-state index contributed by atoms with van der Waals surface area (Å²) >= 11 is 0. The van der Waals surface area contributed by atoms with Crippen molar-refractivity contribution in [2.45, 2.75) is 33.1 Å². The average molecular weight is 189 g/mol. The molecule has 0 aliphatic heterocycles. The van der Waals surface area contributed by atoms with Crippen molar-refractivity contribution in [2.24, 2.45) is 0 Å². The summed E-state index contributed by atoms with van der Waals surface area (Å²) in [7, 11) is 0. The molecule has 0 unspecified atom stereocenters. The summed E-state index contributed by atoms with van der Waals surface area (Å²) in [5, 5.41) is 8.81. The van der Waals surface area contributed by atoms with E-state index in [2.05, 4.69) is 25.8 Å². The summed E-state index contributed by atoms with van der Waals surface area (Å²) in [5.74, 6) is 0. The second kappa shape index (κ2) is 3.30. The quantitative estimate of drug-likeness (QED) is 0.680. The molecule has 3 nitrogen and oxygen atoms in total. The Bertz CT molecular complexity index is 394. The predicted molar refractivity (Wildman–Crippen MR) is 56.8 cm³/mol. The minimum Gasteiger partial charge on any atom is -0.396 e. The minimum absolute atomic E-state index is 0.0522. The number of rotatable bonds is 0.